The van der Waals surface area contributed by atoms with E-state index in [1.165, 1.54) is 4.90 Å². The highest BCUT2D eigenvalue weighted by Gasteiger charge is 2.45. The van der Waals surface area contributed by atoms with Crippen molar-refractivity contribution in [1.29, 1.82) is 0 Å². The molecule has 1 saturated carbocycles. The first kappa shape index (κ1) is 18.7. The lowest BCUT2D eigenvalue weighted by Gasteiger charge is -2.30. The van der Waals surface area contributed by atoms with Gasteiger partial charge >= 0.3 is 5.97 Å². The largest absolute Gasteiger partial charge is 0.457 e. The van der Waals surface area contributed by atoms with E-state index in [-0.39, 0.29) is 12.1 Å². The monoisotopic (exact) mass is 352 g/mol. The van der Waals surface area contributed by atoms with Crippen molar-refractivity contribution in [2.45, 2.75) is 43.6 Å². The molecule has 0 spiro atoms. The quantitative estimate of drug-likeness (QED) is 0.775. The minimum atomic E-state index is -0.473. The molecule has 3 nitrogen and oxygen atoms in total. The Kier molecular flexibility index (Phi) is 6.10. The van der Waals surface area contributed by atoms with Crippen LogP contribution < -0.4 is 4.90 Å². The lowest BCUT2D eigenvalue weighted by molar-refractivity contribution is -0.858. The van der Waals surface area contributed by atoms with Gasteiger partial charge in [-0.15, -0.1) is 0 Å². The molecule has 0 bridgehead atoms. The first-order chi connectivity index (χ1) is 12.6. The molecule has 1 fully saturated rings. The summed E-state index contributed by atoms with van der Waals surface area (Å²) in [5.74, 6) is -0.0520. The van der Waals surface area contributed by atoms with E-state index in [4.69, 9.17) is 4.74 Å². The van der Waals surface area contributed by atoms with E-state index in [1.54, 1.807) is 0 Å². The molecule has 2 aromatic carbocycles. The van der Waals surface area contributed by atoms with Crippen LogP contribution in [0.2, 0.25) is 0 Å². The third-order valence-electron chi connectivity index (χ3n) is 5.50. The molecule has 3 rings (SSSR count). The summed E-state index contributed by atoms with van der Waals surface area (Å²) in [6, 6.07) is 20.4. The number of esters is 1. The number of nitrogens with one attached hydrogen (secondary N) is 1. The molecule has 1 atom stereocenters. The smallest absolute Gasteiger partial charge is 0.317 e. The van der Waals surface area contributed by atoms with Crippen LogP contribution in [-0.2, 0) is 14.9 Å². The molecule has 1 aliphatic rings. The molecule has 2 aromatic rings. The van der Waals surface area contributed by atoms with Crippen molar-refractivity contribution in [2.75, 3.05) is 20.6 Å². The van der Waals surface area contributed by atoms with E-state index in [9.17, 15) is 4.79 Å². The number of hydrogen-bond acceptors (Lipinski definition) is 2. The Balaban J connectivity index is 1.83. The fraction of sp³-hybridized carbons (Fsp3) is 0.435. The zero-order chi connectivity index (χ0) is 18.4. The van der Waals surface area contributed by atoms with Gasteiger partial charge in [-0.05, 0) is 24.0 Å². The fourth-order valence-electron chi connectivity index (χ4n) is 3.97. The molecule has 1 aliphatic carbocycles. The van der Waals surface area contributed by atoms with Crippen LogP contribution in [0.1, 0.15) is 49.3 Å². The van der Waals surface area contributed by atoms with Gasteiger partial charge in [0.2, 0.25) is 0 Å². The molecule has 0 unspecified atom stereocenters. The van der Waals surface area contributed by atoms with Gasteiger partial charge in [0.05, 0.1) is 26.1 Å². The van der Waals surface area contributed by atoms with E-state index in [0.29, 0.717) is 0 Å². The number of rotatable bonds is 7. The predicted octanol–water partition coefficient (Wildman–Crippen LogP) is 3.32. The van der Waals surface area contributed by atoms with Crippen LogP contribution in [0, 0.1) is 0 Å². The number of carbonyl (C=O) groups is 1. The minimum absolute atomic E-state index is 0.0520. The zero-order valence-electron chi connectivity index (χ0n) is 15.9. The van der Waals surface area contributed by atoms with Crippen LogP contribution >= 0.6 is 0 Å². The van der Waals surface area contributed by atoms with Crippen LogP contribution in [0.4, 0.5) is 0 Å². The summed E-state index contributed by atoms with van der Waals surface area (Å²) in [6.45, 7) is 0.963. The molecule has 0 aliphatic heterocycles. The molecular formula is C23H30NO2+. The molecule has 0 aromatic heterocycles. The lowest BCUT2D eigenvalue weighted by atomic mass is 9.79. The lowest BCUT2D eigenvalue weighted by Crippen LogP contribution is -3.05. The van der Waals surface area contributed by atoms with Gasteiger partial charge in [-0.3, -0.25) is 4.79 Å². The van der Waals surface area contributed by atoms with Crippen molar-refractivity contribution < 1.29 is 14.4 Å². The summed E-state index contributed by atoms with van der Waals surface area (Å²) >= 11 is 0. The van der Waals surface area contributed by atoms with Crippen molar-refractivity contribution in [2.24, 2.45) is 0 Å². The summed E-state index contributed by atoms with van der Waals surface area (Å²) in [5.41, 5.74) is 1.72. The van der Waals surface area contributed by atoms with Gasteiger partial charge in [-0.25, -0.2) is 0 Å². The molecular weight excluding hydrogens is 322 g/mol. The summed E-state index contributed by atoms with van der Waals surface area (Å²) in [6.07, 6.45) is 4.60. The highest BCUT2D eigenvalue weighted by Crippen LogP contribution is 2.43. The summed E-state index contributed by atoms with van der Waals surface area (Å²) < 4.78 is 6.18. The van der Waals surface area contributed by atoms with E-state index in [1.807, 2.05) is 36.4 Å². The standard InChI is InChI=1S/C23H29NO2/c1-24(2)18-15-21(19-11-5-3-6-12-19)26-22(25)23(16-9-10-17-23)20-13-7-4-8-14-20/h3-8,11-14,21H,9-10,15-18H2,1-2H3/p+1/t21-/m1/s1. The number of ether oxygens (including phenoxy) is 1. The highest BCUT2D eigenvalue weighted by molar-refractivity contribution is 5.84. The summed E-state index contributed by atoms with van der Waals surface area (Å²) in [4.78, 5) is 14.7. The Labute approximate surface area is 157 Å². The Morgan fingerprint density at radius 3 is 2.15 bits per heavy atom. The minimum Gasteiger partial charge on any atom is -0.457 e. The summed E-state index contributed by atoms with van der Waals surface area (Å²) in [7, 11) is 4.26. The van der Waals surface area contributed by atoms with Crippen molar-refractivity contribution in [3.63, 3.8) is 0 Å². The normalized spacial score (nSPS) is 17.2. The second-order valence-corrected chi connectivity index (χ2v) is 7.71. The highest BCUT2D eigenvalue weighted by atomic mass is 16.5. The second-order valence-electron chi connectivity index (χ2n) is 7.71. The first-order valence-electron chi connectivity index (χ1n) is 9.72. The third kappa shape index (κ3) is 4.16. The molecule has 0 amide bonds. The molecule has 0 saturated heterocycles. The molecule has 1 N–H and O–H groups in total. The topological polar surface area (TPSA) is 30.7 Å². The van der Waals surface area contributed by atoms with Crippen molar-refractivity contribution >= 4 is 5.97 Å². The Morgan fingerprint density at radius 1 is 1.00 bits per heavy atom. The average molecular weight is 352 g/mol. The van der Waals surface area contributed by atoms with Crippen LogP contribution in [0.25, 0.3) is 0 Å². The van der Waals surface area contributed by atoms with E-state index < -0.39 is 5.41 Å². The van der Waals surface area contributed by atoms with Crippen molar-refractivity contribution in [1.82, 2.24) is 0 Å². The maximum Gasteiger partial charge on any atom is 0.317 e. The van der Waals surface area contributed by atoms with E-state index in [2.05, 4.69) is 38.4 Å². The number of quaternary nitrogens is 1. The SMILES string of the molecule is C[NH+](C)CC[C@@H](OC(=O)C1(c2ccccc2)CCCC1)c1ccccc1. The van der Waals surface area contributed by atoms with Crippen molar-refractivity contribution in [3.05, 3.63) is 71.8 Å². The van der Waals surface area contributed by atoms with Crippen LogP contribution in [0.3, 0.4) is 0 Å². The molecule has 0 radical (unpaired) electrons. The molecule has 138 valence electrons. The second kappa shape index (κ2) is 8.50. The van der Waals surface area contributed by atoms with E-state index >= 15 is 0 Å². The summed E-state index contributed by atoms with van der Waals surface area (Å²) in [5, 5.41) is 0. The van der Waals surface area contributed by atoms with Crippen LogP contribution in [-0.4, -0.2) is 26.6 Å². The van der Waals surface area contributed by atoms with Gasteiger partial charge in [-0.2, -0.15) is 0 Å². The third-order valence-corrected chi connectivity index (χ3v) is 5.50. The predicted molar refractivity (Wildman–Crippen MR) is 104 cm³/mol. The van der Waals surface area contributed by atoms with Crippen LogP contribution in [0.15, 0.2) is 60.7 Å². The van der Waals surface area contributed by atoms with Crippen LogP contribution in [0.5, 0.6) is 0 Å². The number of benzene rings is 2. The average Bonchev–Trinajstić information content (AvgIpc) is 3.17. The Bertz CT molecular complexity index is 691. The van der Waals surface area contributed by atoms with Gasteiger partial charge in [0, 0.05) is 6.42 Å². The number of carbonyl (C=O) groups excluding carboxylic acids is 1. The zero-order valence-corrected chi connectivity index (χ0v) is 15.9. The fourth-order valence-corrected chi connectivity index (χ4v) is 3.97. The van der Waals surface area contributed by atoms with Gasteiger partial charge < -0.3 is 9.64 Å². The van der Waals surface area contributed by atoms with E-state index in [0.717, 1.165) is 49.8 Å². The van der Waals surface area contributed by atoms with Gasteiger partial charge in [0.1, 0.15) is 6.10 Å². The maximum atomic E-state index is 13.4. The molecule has 0 heterocycles. The molecule has 3 heteroatoms. The number of hydrogen-bond donors (Lipinski definition) is 1. The Morgan fingerprint density at radius 2 is 1.58 bits per heavy atom. The van der Waals surface area contributed by atoms with Gasteiger partial charge in [0.15, 0.2) is 0 Å². The maximum absolute atomic E-state index is 13.4. The van der Waals surface area contributed by atoms with Gasteiger partial charge in [0.25, 0.3) is 0 Å². The van der Waals surface area contributed by atoms with Crippen molar-refractivity contribution in [3.8, 4) is 0 Å². The Hall–Kier alpha value is -2.13. The van der Waals surface area contributed by atoms with Gasteiger partial charge in [-0.1, -0.05) is 73.5 Å². The molecule has 26 heavy (non-hydrogen) atoms. The first-order valence-corrected chi connectivity index (χ1v) is 9.72.